The highest BCUT2D eigenvalue weighted by Gasteiger charge is 2.11. The standard InChI is InChI=1S/C22H21NO3/c1-3-25-21-11-9-18(13-20(21)16(2)24)19-10-12-22(23-14-19)26-15-17-7-5-4-6-8-17/h4-14H,3,15H2,1-2H3. The van der Waals surface area contributed by atoms with Gasteiger partial charge < -0.3 is 9.47 Å². The van der Waals surface area contributed by atoms with E-state index in [-0.39, 0.29) is 5.78 Å². The molecule has 1 aromatic heterocycles. The number of Topliss-reactive ketones (excluding diaryl/α,β-unsaturated/α-hetero) is 1. The van der Waals surface area contributed by atoms with E-state index in [0.717, 1.165) is 16.7 Å². The lowest BCUT2D eigenvalue weighted by atomic mass is 10.0. The van der Waals surface area contributed by atoms with Gasteiger partial charge in [-0.25, -0.2) is 4.98 Å². The number of hydrogen-bond donors (Lipinski definition) is 0. The van der Waals surface area contributed by atoms with Gasteiger partial charge in [0.15, 0.2) is 5.78 Å². The van der Waals surface area contributed by atoms with Crippen LogP contribution in [0.25, 0.3) is 11.1 Å². The van der Waals surface area contributed by atoms with Crippen LogP contribution in [0.1, 0.15) is 29.8 Å². The van der Waals surface area contributed by atoms with Crippen LogP contribution in [0.2, 0.25) is 0 Å². The zero-order valence-electron chi connectivity index (χ0n) is 14.9. The molecule has 0 radical (unpaired) electrons. The second-order valence-electron chi connectivity index (χ2n) is 5.86. The SMILES string of the molecule is CCOc1ccc(-c2ccc(OCc3ccccc3)nc2)cc1C(C)=O. The number of hydrogen-bond acceptors (Lipinski definition) is 4. The van der Waals surface area contributed by atoms with Crippen LogP contribution in [-0.2, 0) is 6.61 Å². The summed E-state index contributed by atoms with van der Waals surface area (Å²) in [4.78, 5) is 16.2. The first kappa shape index (κ1) is 17.7. The Morgan fingerprint density at radius 1 is 0.962 bits per heavy atom. The number of benzene rings is 2. The quantitative estimate of drug-likeness (QED) is 0.569. The zero-order valence-corrected chi connectivity index (χ0v) is 14.9. The van der Waals surface area contributed by atoms with E-state index in [2.05, 4.69) is 4.98 Å². The van der Waals surface area contributed by atoms with Gasteiger partial charge in [-0.3, -0.25) is 4.79 Å². The van der Waals surface area contributed by atoms with E-state index >= 15 is 0 Å². The van der Waals surface area contributed by atoms with Crippen molar-refractivity contribution >= 4 is 5.78 Å². The molecule has 0 unspecified atom stereocenters. The van der Waals surface area contributed by atoms with Crippen LogP contribution in [0, 0.1) is 0 Å². The first-order valence-electron chi connectivity index (χ1n) is 8.58. The summed E-state index contributed by atoms with van der Waals surface area (Å²) in [6.07, 6.45) is 1.75. The van der Waals surface area contributed by atoms with Gasteiger partial charge in [0.25, 0.3) is 0 Å². The molecule has 0 saturated carbocycles. The largest absolute Gasteiger partial charge is 0.493 e. The predicted molar refractivity (Wildman–Crippen MR) is 102 cm³/mol. The molecular formula is C22H21NO3. The number of rotatable bonds is 7. The molecule has 1 heterocycles. The molecule has 2 aromatic carbocycles. The van der Waals surface area contributed by atoms with Gasteiger partial charge in [-0.05, 0) is 43.2 Å². The molecule has 0 atom stereocenters. The summed E-state index contributed by atoms with van der Waals surface area (Å²) in [5.41, 5.74) is 3.51. The fourth-order valence-electron chi connectivity index (χ4n) is 2.63. The first-order valence-corrected chi connectivity index (χ1v) is 8.58. The minimum Gasteiger partial charge on any atom is -0.493 e. The van der Waals surface area contributed by atoms with Crippen molar-refractivity contribution in [2.75, 3.05) is 6.61 Å². The highest BCUT2D eigenvalue weighted by atomic mass is 16.5. The number of ether oxygens (including phenoxy) is 2. The highest BCUT2D eigenvalue weighted by Crippen LogP contribution is 2.27. The van der Waals surface area contributed by atoms with Crippen molar-refractivity contribution in [2.45, 2.75) is 20.5 Å². The van der Waals surface area contributed by atoms with E-state index in [9.17, 15) is 4.79 Å². The molecule has 3 aromatic rings. The summed E-state index contributed by atoms with van der Waals surface area (Å²) >= 11 is 0. The smallest absolute Gasteiger partial charge is 0.213 e. The number of carbonyl (C=O) groups is 1. The Labute approximate surface area is 153 Å². The van der Waals surface area contributed by atoms with Gasteiger partial charge in [0, 0.05) is 17.8 Å². The summed E-state index contributed by atoms with van der Waals surface area (Å²) in [6, 6.07) is 19.3. The topological polar surface area (TPSA) is 48.4 Å². The van der Waals surface area contributed by atoms with Crippen LogP contribution in [0.3, 0.4) is 0 Å². The van der Waals surface area contributed by atoms with Crippen LogP contribution in [0.15, 0.2) is 66.9 Å². The van der Waals surface area contributed by atoms with Gasteiger partial charge >= 0.3 is 0 Å². The molecule has 0 aliphatic heterocycles. The Morgan fingerprint density at radius 2 is 1.73 bits per heavy atom. The summed E-state index contributed by atoms with van der Waals surface area (Å²) in [5.74, 6) is 1.15. The van der Waals surface area contributed by atoms with Crippen molar-refractivity contribution in [1.82, 2.24) is 4.98 Å². The lowest BCUT2D eigenvalue weighted by Gasteiger charge is -2.11. The fraction of sp³-hybridized carbons (Fsp3) is 0.182. The maximum Gasteiger partial charge on any atom is 0.213 e. The maximum atomic E-state index is 11.9. The van der Waals surface area contributed by atoms with Gasteiger partial charge in [0.1, 0.15) is 12.4 Å². The van der Waals surface area contributed by atoms with Gasteiger partial charge in [-0.2, -0.15) is 0 Å². The summed E-state index contributed by atoms with van der Waals surface area (Å²) in [7, 11) is 0. The van der Waals surface area contributed by atoms with Crippen molar-refractivity contribution < 1.29 is 14.3 Å². The molecule has 0 aliphatic carbocycles. The fourth-order valence-corrected chi connectivity index (χ4v) is 2.63. The normalized spacial score (nSPS) is 10.4. The molecule has 3 rings (SSSR count). The Kier molecular flexibility index (Phi) is 5.64. The predicted octanol–water partition coefficient (Wildman–Crippen LogP) is 4.93. The van der Waals surface area contributed by atoms with Crippen molar-refractivity contribution in [3.05, 3.63) is 78.0 Å². The maximum absolute atomic E-state index is 11.9. The Morgan fingerprint density at radius 3 is 2.38 bits per heavy atom. The minimum atomic E-state index is -0.0222. The molecule has 0 spiro atoms. The average Bonchev–Trinajstić information content (AvgIpc) is 2.68. The van der Waals surface area contributed by atoms with Crippen LogP contribution in [-0.4, -0.2) is 17.4 Å². The second-order valence-corrected chi connectivity index (χ2v) is 5.86. The van der Waals surface area contributed by atoms with Gasteiger partial charge in [0.05, 0.1) is 12.2 Å². The lowest BCUT2D eigenvalue weighted by Crippen LogP contribution is -2.01. The number of aromatic nitrogens is 1. The van der Waals surface area contributed by atoms with Crippen LogP contribution in [0.5, 0.6) is 11.6 Å². The van der Waals surface area contributed by atoms with E-state index in [4.69, 9.17) is 9.47 Å². The molecule has 132 valence electrons. The molecule has 0 fully saturated rings. The summed E-state index contributed by atoms with van der Waals surface area (Å²) < 4.78 is 11.2. The third-order valence-electron chi connectivity index (χ3n) is 3.96. The van der Waals surface area contributed by atoms with Crippen molar-refractivity contribution in [3.8, 4) is 22.8 Å². The van der Waals surface area contributed by atoms with E-state index in [1.54, 1.807) is 13.1 Å². The minimum absolute atomic E-state index is 0.0222. The molecule has 0 bridgehead atoms. The summed E-state index contributed by atoms with van der Waals surface area (Å²) in [5, 5.41) is 0. The van der Waals surface area contributed by atoms with Crippen molar-refractivity contribution in [2.24, 2.45) is 0 Å². The van der Waals surface area contributed by atoms with E-state index in [1.807, 2.05) is 67.6 Å². The molecule has 0 amide bonds. The number of ketones is 1. The van der Waals surface area contributed by atoms with E-state index in [0.29, 0.717) is 30.4 Å². The molecule has 4 heteroatoms. The molecule has 0 aliphatic rings. The van der Waals surface area contributed by atoms with Crippen LogP contribution in [0.4, 0.5) is 0 Å². The van der Waals surface area contributed by atoms with Crippen LogP contribution < -0.4 is 9.47 Å². The highest BCUT2D eigenvalue weighted by molar-refractivity contribution is 5.98. The Bertz CT molecular complexity index is 874. The number of nitrogens with zero attached hydrogens (tertiary/aromatic N) is 1. The number of pyridine rings is 1. The zero-order chi connectivity index (χ0) is 18.4. The van der Waals surface area contributed by atoms with Gasteiger partial charge in [0.2, 0.25) is 5.88 Å². The second kappa shape index (κ2) is 8.30. The van der Waals surface area contributed by atoms with Crippen LogP contribution >= 0.6 is 0 Å². The average molecular weight is 347 g/mol. The third-order valence-corrected chi connectivity index (χ3v) is 3.96. The van der Waals surface area contributed by atoms with Crippen molar-refractivity contribution in [1.29, 1.82) is 0 Å². The van der Waals surface area contributed by atoms with E-state index in [1.165, 1.54) is 0 Å². The Balaban J connectivity index is 1.75. The van der Waals surface area contributed by atoms with Gasteiger partial charge in [-0.15, -0.1) is 0 Å². The lowest BCUT2D eigenvalue weighted by molar-refractivity contribution is 0.101. The number of carbonyl (C=O) groups excluding carboxylic acids is 1. The monoisotopic (exact) mass is 347 g/mol. The molecule has 0 saturated heterocycles. The van der Waals surface area contributed by atoms with Crippen molar-refractivity contribution in [3.63, 3.8) is 0 Å². The molecular weight excluding hydrogens is 326 g/mol. The Hall–Kier alpha value is -3.14. The molecule has 26 heavy (non-hydrogen) atoms. The summed E-state index contributed by atoms with van der Waals surface area (Å²) in [6.45, 7) is 4.44. The third kappa shape index (κ3) is 4.28. The first-order chi connectivity index (χ1) is 12.7. The van der Waals surface area contributed by atoms with E-state index < -0.39 is 0 Å². The van der Waals surface area contributed by atoms with Gasteiger partial charge in [-0.1, -0.05) is 36.4 Å². The molecule has 0 N–H and O–H groups in total. The molecule has 4 nitrogen and oxygen atoms in total.